The molecule has 0 bridgehead atoms. The molecular weight excluding hydrogens is 416 g/mol. The van der Waals surface area contributed by atoms with Gasteiger partial charge in [0.25, 0.3) is 5.91 Å². The molecule has 3 heterocycles. The summed E-state index contributed by atoms with van der Waals surface area (Å²) < 4.78 is 0. The highest BCUT2D eigenvalue weighted by atomic mass is 16.2. The number of hydrazine groups is 1. The Kier molecular flexibility index (Phi) is 6.80. The molecule has 2 aliphatic rings. The van der Waals surface area contributed by atoms with Crippen molar-refractivity contribution in [3.63, 3.8) is 0 Å². The van der Waals surface area contributed by atoms with Crippen molar-refractivity contribution in [2.45, 2.75) is 58.8 Å². The number of nitrogens with two attached hydrogens (primary N) is 1. The van der Waals surface area contributed by atoms with Crippen LogP contribution in [0.4, 0.5) is 11.6 Å². The second-order valence-electron chi connectivity index (χ2n) is 9.07. The number of benzene rings is 1. The standard InChI is InChI=1S/C24H34N8O/c1-15-7-16(2)9-19(8-15)29-24-27-11-18-13-31(14-22(18)30-24)20-5-6-32(17(3)10-20)23(33)21(26-4)12-28-25/h7-9,11-12,17,20,26,28H,5-6,10,13-14,25H2,1-4H3,(H,27,29,30)/b21-12-/t17-,20-/m1/s1. The van der Waals surface area contributed by atoms with Gasteiger partial charge in [-0.15, -0.1) is 0 Å². The molecule has 0 aliphatic carbocycles. The first-order chi connectivity index (χ1) is 15.9. The lowest BCUT2D eigenvalue weighted by atomic mass is 9.96. The van der Waals surface area contributed by atoms with Crippen molar-refractivity contribution >= 4 is 17.5 Å². The Morgan fingerprint density at radius 3 is 2.64 bits per heavy atom. The number of anilines is 2. The molecule has 9 heteroatoms. The highest BCUT2D eigenvalue weighted by molar-refractivity contribution is 5.93. The van der Waals surface area contributed by atoms with Crippen molar-refractivity contribution in [2.24, 2.45) is 5.84 Å². The second-order valence-corrected chi connectivity index (χ2v) is 9.07. The molecule has 0 spiro atoms. The van der Waals surface area contributed by atoms with Crippen molar-refractivity contribution in [3.8, 4) is 0 Å². The van der Waals surface area contributed by atoms with E-state index in [4.69, 9.17) is 10.8 Å². The van der Waals surface area contributed by atoms with Crippen LogP contribution in [0.25, 0.3) is 0 Å². The molecule has 1 aromatic heterocycles. The van der Waals surface area contributed by atoms with Crippen LogP contribution in [0.1, 0.15) is 42.1 Å². The van der Waals surface area contributed by atoms with Crippen molar-refractivity contribution in [1.29, 1.82) is 0 Å². The number of nitrogens with zero attached hydrogens (tertiary/aromatic N) is 4. The summed E-state index contributed by atoms with van der Waals surface area (Å²) in [6, 6.07) is 6.90. The lowest BCUT2D eigenvalue weighted by Crippen LogP contribution is -2.51. The first-order valence-electron chi connectivity index (χ1n) is 11.5. The monoisotopic (exact) mass is 450 g/mol. The zero-order valence-electron chi connectivity index (χ0n) is 19.9. The van der Waals surface area contributed by atoms with Gasteiger partial charge in [-0.1, -0.05) is 6.07 Å². The first-order valence-corrected chi connectivity index (χ1v) is 11.5. The summed E-state index contributed by atoms with van der Waals surface area (Å²) in [5.41, 5.74) is 8.60. The van der Waals surface area contributed by atoms with Gasteiger partial charge < -0.3 is 21.0 Å². The summed E-state index contributed by atoms with van der Waals surface area (Å²) >= 11 is 0. The summed E-state index contributed by atoms with van der Waals surface area (Å²) in [5.74, 6) is 5.97. The quantitative estimate of drug-likeness (QED) is 0.301. The maximum Gasteiger partial charge on any atom is 0.271 e. The Balaban J connectivity index is 1.39. The second kappa shape index (κ2) is 9.76. The number of rotatable bonds is 6. The Morgan fingerprint density at radius 2 is 1.97 bits per heavy atom. The molecule has 1 fully saturated rings. The van der Waals surface area contributed by atoms with Gasteiger partial charge in [-0.3, -0.25) is 15.5 Å². The van der Waals surface area contributed by atoms with Gasteiger partial charge in [-0.25, -0.2) is 9.97 Å². The number of aromatic nitrogens is 2. The van der Waals surface area contributed by atoms with Crippen LogP contribution in [0.3, 0.4) is 0 Å². The van der Waals surface area contributed by atoms with Crippen LogP contribution < -0.4 is 21.9 Å². The van der Waals surface area contributed by atoms with Crippen LogP contribution >= 0.6 is 0 Å². The van der Waals surface area contributed by atoms with Gasteiger partial charge in [0.05, 0.1) is 5.69 Å². The molecule has 2 aliphatic heterocycles. The highest BCUT2D eigenvalue weighted by Gasteiger charge is 2.35. The van der Waals surface area contributed by atoms with Gasteiger partial charge in [0.2, 0.25) is 5.95 Å². The van der Waals surface area contributed by atoms with Crippen LogP contribution in [0.2, 0.25) is 0 Å². The van der Waals surface area contributed by atoms with Crippen molar-refractivity contribution in [3.05, 3.63) is 58.7 Å². The van der Waals surface area contributed by atoms with E-state index in [-0.39, 0.29) is 11.9 Å². The normalized spacial score (nSPS) is 21.0. The number of aryl methyl sites for hydroxylation is 2. The van der Waals surface area contributed by atoms with E-state index in [1.54, 1.807) is 7.05 Å². The SMILES string of the molecule is CN/C(=C\NN)C(=O)N1CC[C@@H](N2Cc3cnc(Nc4cc(C)cc(C)c4)nc3C2)C[C@H]1C. The average Bonchev–Trinajstić information content (AvgIpc) is 3.19. The largest absolute Gasteiger partial charge is 0.382 e. The molecule has 9 nitrogen and oxygen atoms in total. The van der Waals surface area contributed by atoms with Crippen LogP contribution in [0.15, 0.2) is 36.3 Å². The van der Waals surface area contributed by atoms with E-state index < -0.39 is 0 Å². The molecular formula is C24H34N8O. The van der Waals surface area contributed by atoms with E-state index in [1.807, 2.05) is 11.1 Å². The number of nitrogens with one attached hydrogen (secondary N) is 3. The Bertz CT molecular complexity index is 1030. The molecule has 2 atom stereocenters. The molecule has 5 N–H and O–H groups in total. The number of carbonyl (C=O) groups excluding carboxylic acids is 1. The third-order valence-electron chi connectivity index (χ3n) is 6.51. The number of carbonyl (C=O) groups is 1. The predicted octanol–water partition coefficient (Wildman–Crippen LogP) is 2.06. The summed E-state index contributed by atoms with van der Waals surface area (Å²) in [5, 5.41) is 6.27. The van der Waals surface area contributed by atoms with E-state index in [1.165, 1.54) is 22.9 Å². The molecule has 2 aromatic rings. The van der Waals surface area contributed by atoms with Gasteiger partial charge in [0, 0.05) is 62.4 Å². The fourth-order valence-corrected chi connectivity index (χ4v) is 4.93. The summed E-state index contributed by atoms with van der Waals surface area (Å²) in [6.45, 7) is 8.66. The van der Waals surface area contributed by atoms with E-state index in [0.29, 0.717) is 24.2 Å². The summed E-state index contributed by atoms with van der Waals surface area (Å²) in [4.78, 5) is 26.6. The van der Waals surface area contributed by atoms with Crippen LogP contribution in [-0.2, 0) is 17.9 Å². The van der Waals surface area contributed by atoms with Gasteiger partial charge in [0.1, 0.15) is 5.70 Å². The third kappa shape index (κ3) is 5.09. The van der Waals surface area contributed by atoms with Crippen LogP contribution in [-0.4, -0.2) is 51.4 Å². The molecule has 1 saturated heterocycles. The molecule has 0 radical (unpaired) electrons. The van der Waals surface area contributed by atoms with E-state index >= 15 is 0 Å². The van der Waals surface area contributed by atoms with Crippen molar-refractivity contribution < 1.29 is 4.79 Å². The average molecular weight is 451 g/mol. The number of piperidine rings is 1. The smallest absolute Gasteiger partial charge is 0.271 e. The van der Waals surface area contributed by atoms with E-state index in [0.717, 1.165) is 37.3 Å². The third-order valence-corrected chi connectivity index (χ3v) is 6.51. The lowest BCUT2D eigenvalue weighted by molar-refractivity contribution is -0.131. The van der Waals surface area contributed by atoms with Gasteiger partial charge in [-0.05, 0) is 56.9 Å². The predicted molar refractivity (Wildman–Crippen MR) is 129 cm³/mol. The highest BCUT2D eigenvalue weighted by Crippen LogP contribution is 2.30. The number of hydrogen-bond donors (Lipinski definition) is 4. The minimum Gasteiger partial charge on any atom is -0.382 e. The molecule has 0 unspecified atom stereocenters. The molecule has 1 amide bonds. The number of amides is 1. The fraction of sp³-hybridized carbons (Fsp3) is 0.458. The number of likely N-dealkylation sites (N-methyl/N-ethyl adjacent to an activating group) is 1. The van der Waals surface area contributed by atoms with E-state index in [2.05, 4.69) is 64.9 Å². The number of fused-ring (bicyclic) bond motifs is 1. The van der Waals surface area contributed by atoms with Crippen LogP contribution in [0, 0.1) is 13.8 Å². The maximum absolute atomic E-state index is 12.8. The zero-order chi connectivity index (χ0) is 23.5. The summed E-state index contributed by atoms with van der Waals surface area (Å²) in [7, 11) is 1.73. The number of hydrogen-bond acceptors (Lipinski definition) is 8. The molecule has 0 saturated carbocycles. The fourth-order valence-electron chi connectivity index (χ4n) is 4.93. The minimum atomic E-state index is -0.0286. The molecule has 4 rings (SSSR count). The maximum atomic E-state index is 12.8. The zero-order valence-corrected chi connectivity index (χ0v) is 19.9. The van der Waals surface area contributed by atoms with Crippen molar-refractivity contribution in [2.75, 3.05) is 18.9 Å². The van der Waals surface area contributed by atoms with Gasteiger partial charge in [-0.2, -0.15) is 0 Å². The minimum absolute atomic E-state index is 0.0286. The Hall–Kier alpha value is -3.17. The summed E-state index contributed by atoms with van der Waals surface area (Å²) in [6.07, 6.45) is 5.30. The van der Waals surface area contributed by atoms with Gasteiger partial charge in [0.15, 0.2) is 0 Å². The Labute approximate surface area is 195 Å². The van der Waals surface area contributed by atoms with E-state index in [9.17, 15) is 4.79 Å². The van der Waals surface area contributed by atoms with Gasteiger partial charge >= 0.3 is 0 Å². The lowest BCUT2D eigenvalue weighted by Gasteiger charge is -2.41. The van der Waals surface area contributed by atoms with Crippen LogP contribution in [0.5, 0.6) is 0 Å². The molecule has 33 heavy (non-hydrogen) atoms. The topological polar surface area (TPSA) is 111 Å². The van der Waals surface area contributed by atoms with Crippen molar-refractivity contribution in [1.82, 2.24) is 30.5 Å². The first kappa shape index (κ1) is 23.0. The molecule has 176 valence electrons. The Morgan fingerprint density at radius 1 is 1.21 bits per heavy atom. The molecule has 1 aromatic carbocycles. The number of likely N-dealkylation sites (tertiary alicyclic amines) is 1.